The molecule has 0 spiro atoms. The molecule has 2 aromatic heterocycles. The number of rotatable bonds is 5. The fourth-order valence-corrected chi connectivity index (χ4v) is 3.41. The lowest BCUT2D eigenvalue weighted by molar-refractivity contribution is 0.0342. The van der Waals surface area contributed by atoms with Crippen molar-refractivity contribution in [2.45, 2.75) is 6.54 Å². The van der Waals surface area contributed by atoms with E-state index >= 15 is 0 Å². The molecule has 3 heterocycles. The van der Waals surface area contributed by atoms with Gasteiger partial charge in [-0.05, 0) is 17.7 Å². The molecule has 1 saturated heterocycles. The summed E-state index contributed by atoms with van der Waals surface area (Å²) >= 11 is 0. The van der Waals surface area contributed by atoms with E-state index in [9.17, 15) is 9.59 Å². The maximum Gasteiger partial charge on any atom is 0.249 e. The third kappa shape index (κ3) is 3.00. The third-order valence-electron chi connectivity index (χ3n) is 4.95. The third-order valence-corrected chi connectivity index (χ3v) is 4.95. The number of benzene rings is 1. The molecule has 1 fully saturated rings. The standard InChI is InChI=1S/C19H18N6O3/c26-16-8-14(18(16)27)21-15-9-20-24-17(15)19-22-12-2-1-11(7-13(12)23-19)10-25-3-5-28-6-4-25/h1-2,7-9,21H,3-6,10H2,(H,20,24)(H,22,23). The molecule has 0 radical (unpaired) electrons. The summed E-state index contributed by atoms with van der Waals surface area (Å²) in [6.45, 7) is 4.29. The molecule has 0 amide bonds. The van der Waals surface area contributed by atoms with Crippen molar-refractivity contribution in [1.29, 1.82) is 0 Å². The van der Waals surface area contributed by atoms with Crippen LogP contribution in [0.25, 0.3) is 22.6 Å². The molecule has 0 atom stereocenters. The Labute approximate surface area is 159 Å². The van der Waals surface area contributed by atoms with E-state index in [1.165, 1.54) is 11.6 Å². The van der Waals surface area contributed by atoms with Gasteiger partial charge in [0.05, 0.1) is 41.8 Å². The molecule has 28 heavy (non-hydrogen) atoms. The molecule has 1 aliphatic rings. The Kier molecular flexibility index (Phi) is 4.03. The highest BCUT2D eigenvalue weighted by Gasteiger charge is 2.17. The minimum Gasteiger partial charge on any atom is -0.379 e. The molecule has 0 unspecified atom stereocenters. The molecule has 1 aliphatic heterocycles. The fourth-order valence-electron chi connectivity index (χ4n) is 3.41. The number of aromatic amines is 2. The van der Waals surface area contributed by atoms with Gasteiger partial charge in [-0.2, -0.15) is 5.10 Å². The zero-order valence-electron chi connectivity index (χ0n) is 15.0. The smallest absolute Gasteiger partial charge is 0.249 e. The number of imidazole rings is 1. The number of hydrogen-bond acceptors (Lipinski definition) is 7. The van der Waals surface area contributed by atoms with Gasteiger partial charge in [-0.1, -0.05) is 6.07 Å². The first-order valence-corrected chi connectivity index (χ1v) is 9.07. The number of hydrogen-bond donors (Lipinski definition) is 3. The Balaban J connectivity index is 1.41. The van der Waals surface area contributed by atoms with Gasteiger partial charge in [-0.15, -0.1) is 0 Å². The van der Waals surface area contributed by atoms with Gasteiger partial charge in [0.15, 0.2) is 5.82 Å². The highest BCUT2D eigenvalue weighted by molar-refractivity contribution is 5.83. The quantitative estimate of drug-likeness (QED) is 0.446. The van der Waals surface area contributed by atoms with E-state index in [2.05, 4.69) is 42.5 Å². The summed E-state index contributed by atoms with van der Waals surface area (Å²) in [5, 5.41) is 9.85. The summed E-state index contributed by atoms with van der Waals surface area (Å²) < 4.78 is 5.40. The first-order valence-electron chi connectivity index (χ1n) is 9.07. The van der Waals surface area contributed by atoms with E-state index in [-0.39, 0.29) is 5.69 Å². The van der Waals surface area contributed by atoms with Crippen molar-refractivity contribution in [1.82, 2.24) is 25.1 Å². The highest BCUT2D eigenvalue weighted by Crippen LogP contribution is 2.27. The second-order valence-corrected chi connectivity index (χ2v) is 6.86. The van der Waals surface area contributed by atoms with Crippen molar-refractivity contribution < 1.29 is 4.74 Å². The van der Waals surface area contributed by atoms with Crippen molar-refractivity contribution in [3.63, 3.8) is 0 Å². The SMILES string of the molecule is O=c1cc(Nc2cn[nH]c2-c2nc3ccc(CN4CCOCC4)cc3[nH]2)c1=O. The zero-order chi connectivity index (χ0) is 19.1. The lowest BCUT2D eigenvalue weighted by atomic mass is 10.2. The topological polar surface area (TPSA) is 116 Å². The van der Waals surface area contributed by atoms with Crippen LogP contribution in [0, 0.1) is 0 Å². The first kappa shape index (κ1) is 16.8. The van der Waals surface area contributed by atoms with Crippen molar-refractivity contribution in [3.8, 4) is 11.5 Å². The molecule has 5 rings (SSSR count). The molecular formula is C19H18N6O3. The lowest BCUT2D eigenvalue weighted by Gasteiger charge is -2.26. The minimum absolute atomic E-state index is 0.261. The van der Waals surface area contributed by atoms with Gasteiger partial charge >= 0.3 is 0 Å². The summed E-state index contributed by atoms with van der Waals surface area (Å²) in [5.74, 6) is 0.609. The van der Waals surface area contributed by atoms with Crippen LogP contribution in [0.4, 0.5) is 11.4 Å². The zero-order valence-corrected chi connectivity index (χ0v) is 15.0. The molecule has 3 N–H and O–H groups in total. The van der Waals surface area contributed by atoms with E-state index in [0.29, 0.717) is 17.2 Å². The van der Waals surface area contributed by atoms with Crippen molar-refractivity contribution >= 4 is 22.4 Å². The summed E-state index contributed by atoms with van der Waals surface area (Å²) in [5.41, 5.74) is 3.42. The largest absolute Gasteiger partial charge is 0.379 e. The van der Waals surface area contributed by atoms with Crippen LogP contribution in [0.2, 0.25) is 0 Å². The summed E-state index contributed by atoms with van der Waals surface area (Å²) in [6, 6.07) is 7.44. The second-order valence-electron chi connectivity index (χ2n) is 6.86. The normalized spacial score (nSPS) is 15.4. The van der Waals surface area contributed by atoms with Crippen LogP contribution in [0.3, 0.4) is 0 Å². The first-order chi connectivity index (χ1) is 13.7. The molecule has 0 aliphatic carbocycles. The Morgan fingerprint density at radius 2 is 2.00 bits per heavy atom. The molecule has 9 nitrogen and oxygen atoms in total. The number of nitrogens with one attached hydrogen (secondary N) is 3. The average Bonchev–Trinajstić information content (AvgIpc) is 3.34. The maximum atomic E-state index is 11.5. The monoisotopic (exact) mass is 378 g/mol. The Bertz CT molecular complexity index is 1210. The molecule has 4 aromatic rings. The van der Waals surface area contributed by atoms with Gasteiger partial charge in [-0.25, -0.2) is 4.98 Å². The molecule has 2 aromatic carbocycles. The molecule has 0 bridgehead atoms. The number of ether oxygens (including phenoxy) is 1. The summed E-state index contributed by atoms with van der Waals surface area (Å²) in [4.78, 5) is 32.9. The van der Waals surface area contributed by atoms with Gasteiger partial charge < -0.3 is 15.0 Å². The van der Waals surface area contributed by atoms with Crippen LogP contribution in [0.1, 0.15) is 5.56 Å². The molecule has 0 saturated carbocycles. The Hall–Kier alpha value is -3.30. The van der Waals surface area contributed by atoms with Gasteiger partial charge in [-0.3, -0.25) is 19.6 Å². The van der Waals surface area contributed by atoms with Crippen LogP contribution in [0.15, 0.2) is 40.1 Å². The minimum atomic E-state index is -0.524. The van der Waals surface area contributed by atoms with Gasteiger partial charge in [0, 0.05) is 25.7 Å². The van der Waals surface area contributed by atoms with Gasteiger partial charge in [0.2, 0.25) is 10.9 Å². The predicted molar refractivity (Wildman–Crippen MR) is 104 cm³/mol. The summed E-state index contributed by atoms with van der Waals surface area (Å²) in [7, 11) is 0. The number of H-pyrrole nitrogens is 2. The lowest BCUT2D eigenvalue weighted by Crippen LogP contribution is -2.35. The number of morpholine rings is 1. The van der Waals surface area contributed by atoms with E-state index in [4.69, 9.17) is 4.74 Å². The number of aromatic nitrogens is 4. The van der Waals surface area contributed by atoms with E-state index in [0.717, 1.165) is 43.9 Å². The van der Waals surface area contributed by atoms with Gasteiger partial charge in [0.1, 0.15) is 5.69 Å². The van der Waals surface area contributed by atoms with Crippen LogP contribution in [-0.2, 0) is 11.3 Å². The van der Waals surface area contributed by atoms with Crippen molar-refractivity contribution in [2.24, 2.45) is 0 Å². The molecule has 9 heteroatoms. The van der Waals surface area contributed by atoms with E-state index in [1.54, 1.807) is 6.20 Å². The Morgan fingerprint density at radius 3 is 2.79 bits per heavy atom. The Morgan fingerprint density at radius 1 is 1.14 bits per heavy atom. The second kappa shape index (κ2) is 6.70. The van der Waals surface area contributed by atoms with Crippen LogP contribution in [-0.4, -0.2) is 51.4 Å². The number of nitrogens with zero attached hydrogens (tertiary/aromatic N) is 3. The number of fused-ring (bicyclic) bond motifs is 1. The van der Waals surface area contributed by atoms with Gasteiger partial charge in [0.25, 0.3) is 0 Å². The molecular weight excluding hydrogens is 360 g/mol. The van der Waals surface area contributed by atoms with E-state index < -0.39 is 10.9 Å². The number of anilines is 2. The fraction of sp³-hybridized carbons (Fsp3) is 0.263. The summed E-state index contributed by atoms with van der Waals surface area (Å²) in [6.07, 6.45) is 1.56. The van der Waals surface area contributed by atoms with E-state index in [1.807, 2.05) is 6.07 Å². The highest BCUT2D eigenvalue weighted by atomic mass is 16.5. The van der Waals surface area contributed by atoms with Crippen LogP contribution < -0.4 is 16.2 Å². The van der Waals surface area contributed by atoms with Crippen molar-refractivity contribution in [3.05, 3.63) is 56.5 Å². The van der Waals surface area contributed by atoms with Crippen LogP contribution >= 0.6 is 0 Å². The average molecular weight is 378 g/mol. The predicted octanol–water partition coefficient (Wildman–Crippen LogP) is 1.12. The van der Waals surface area contributed by atoms with Crippen LogP contribution in [0.5, 0.6) is 0 Å². The maximum absolute atomic E-state index is 11.5. The molecule has 142 valence electrons. The van der Waals surface area contributed by atoms with Crippen molar-refractivity contribution in [2.75, 3.05) is 31.6 Å².